The second kappa shape index (κ2) is 6.98. The van der Waals surface area contributed by atoms with Crippen LogP contribution in [-0.2, 0) is 4.79 Å². The van der Waals surface area contributed by atoms with Gasteiger partial charge in [0.1, 0.15) is 5.78 Å². The van der Waals surface area contributed by atoms with Crippen LogP contribution >= 0.6 is 11.6 Å². The van der Waals surface area contributed by atoms with Gasteiger partial charge in [-0.1, -0.05) is 62.2 Å². The Labute approximate surface area is 181 Å². The van der Waals surface area contributed by atoms with Gasteiger partial charge >= 0.3 is 0 Å². The van der Waals surface area contributed by atoms with Crippen LogP contribution in [0.4, 0.5) is 0 Å². The third kappa shape index (κ3) is 2.90. The molecule has 1 aromatic rings. The Morgan fingerprint density at radius 3 is 2.55 bits per heavy atom. The zero-order valence-corrected chi connectivity index (χ0v) is 19.0. The smallest absolute Gasteiger partial charge is 0.136 e. The lowest BCUT2D eigenvalue weighted by molar-refractivity contribution is -0.146. The van der Waals surface area contributed by atoms with E-state index in [9.17, 15) is 4.79 Å². The van der Waals surface area contributed by atoms with Crippen LogP contribution in [0.5, 0.6) is 0 Å². The minimum atomic E-state index is 0.280. The van der Waals surface area contributed by atoms with E-state index in [1.54, 1.807) is 5.57 Å². The molecule has 5 rings (SSSR count). The molecule has 4 aliphatic carbocycles. The van der Waals surface area contributed by atoms with Gasteiger partial charge in [0, 0.05) is 17.4 Å². The van der Waals surface area contributed by atoms with Crippen molar-refractivity contribution in [3.05, 3.63) is 40.4 Å². The topological polar surface area (TPSA) is 17.1 Å². The van der Waals surface area contributed by atoms with Gasteiger partial charge in [-0.3, -0.25) is 4.79 Å². The summed E-state index contributed by atoms with van der Waals surface area (Å²) in [6, 6.07) is 8.28. The lowest BCUT2D eigenvalue weighted by Crippen LogP contribution is -2.55. The van der Waals surface area contributed by atoms with E-state index in [1.165, 1.54) is 44.1 Å². The summed E-state index contributed by atoms with van der Waals surface area (Å²) in [4.78, 5) is 12.4. The summed E-state index contributed by atoms with van der Waals surface area (Å²) in [5.41, 5.74) is 3.53. The third-order valence-electron chi connectivity index (χ3n) is 10.0. The van der Waals surface area contributed by atoms with Crippen molar-refractivity contribution in [3.63, 3.8) is 0 Å². The Balaban J connectivity index is 1.45. The summed E-state index contributed by atoms with van der Waals surface area (Å²) in [6.07, 6.45) is 12.2. The van der Waals surface area contributed by atoms with Crippen molar-refractivity contribution in [2.24, 2.45) is 40.4 Å². The predicted molar refractivity (Wildman–Crippen MR) is 121 cm³/mol. The molecular weight excluding hydrogens is 376 g/mol. The molecule has 0 bridgehead atoms. The van der Waals surface area contributed by atoms with Crippen LogP contribution in [0.1, 0.15) is 77.7 Å². The highest BCUT2D eigenvalue weighted by molar-refractivity contribution is 6.32. The largest absolute Gasteiger partial charge is 0.299 e. The minimum Gasteiger partial charge on any atom is -0.299 e. The predicted octanol–water partition coefficient (Wildman–Crippen LogP) is 7.58. The van der Waals surface area contributed by atoms with Gasteiger partial charge in [-0.25, -0.2) is 0 Å². The number of benzene rings is 1. The zero-order chi connectivity index (χ0) is 20.4. The van der Waals surface area contributed by atoms with Gasteiger partial charge in [-0.05, 0) is 91.1 Å². The first-order valence-electron chi connectivity index (χ1n) is 11.8. The highest BCUT2D eigenvalue weighted by Crippen LogP contribution is 2.67. The highest BCUT2D eigenvalue weighted by Gasteiger charge is 2.60. The molecule has 0 radical (unpaired) electrons. The number of carbonyl (C=O) groups excluding carboxylic acids is 1. The Bertz CT molecular complexity index is 856. The monoisotopic (exact) mass is 410 g/mol. The molecule has 29 heavy (non-hydrogen) atoms. The summed E-state index contributed by atoms with van der Waals surface area (Å²) in [7, 11) is 0. The van der Waals surface area contributed by atoms with Crippen LogP contribution in [0.25, 0.3) is 6.08 Å². The normalized spacial score (nSPS) is 45.6. The van der Waals surface area contributed by atoms with Crippen molar-refractivity contribution >= 4 is 23.5 Å². The van der Waals surface area contributed by atoms with E-state index >= 15 is 0 Å². The molecule has 0 aromatic heterocycles. The van der Waals surface area contributed by atoms with E-state index in [-0.39, 0.29) is 5.92 Å². The molecular formula is C27H35ClO. The lowest BCUT2D eigenvalue weighted by Gasteiger charge is -2.61. The quantitative estimate of drug-likeness (QED) is 0.466. The standard InChI is InChI=1S/C27H35ClO/c1-17-21-11-9-20-22-10-8-19(16-18-6-4-5-7-24(18)28)26(22,2)14-12-23(20)27(21,3)15-13-25(17)29/h4-7,16-17,20-23H,8-15H2,1-3H3/t17?,20-,21?,22-,23+,26+,27-/m0/s1. The van der Waals surface area contributed by atoms with Crippen LogP contribution in [0.15, 0.2) is 29.8 Å². The van der Waals surface area contributed by atoms with Crippen molar-refractivity contribution in [1.82, 2.24) is 0 Å². The van der Waals surface area contributed by atoms with Gasteiger partial charge in [0.25, 0.3) is 0 Å². The third-order valence-corrected chi connectivity index (χ3v) is 10.4. The van der Waals surface area contributed by atoms with Gasteiger partial charge in [0.15, 0.2) is 0 Å². The van der Waals surface area contributed by atoms with Crippen LogP contribution in [-0.4, -0.2) is 5.78 Å². The number of rotatable bonds is 1. The Morgan fingerprint density at radius 2 is 1.76 bits per heavy atom. The molecule has 0 saturated heterocycles. The van der Waals surface area contributed by atoms with Crippen molar-refractivity contribution in [2.75, 3.05) is 0 Å². The molecule has 4 saturated carbocycles. The number of hydrogen-bond donors (Lipinski definition) is 0. The summed E-state index contributed by atoms with van der Waals surface area (Å²) >= 11 is 6.48. The summed E-state index contributed by atoms with van der Waals surface area (Å²) in [5, 5.41) is 0.870. The fraction of sp³-hybridized carbons (Fsp3) is 0.667. The van der Waals surface area contributed by atoms with E-state index < -0.39 is 0 Å². The molecule has 156 valence electrons. The van der Waals surface area contributed by atoms with E-state index in [1.807, 2.05) is 12.1 Å². The van der Waals surface area contributed by atoms with E-state index in [0.717, 1.165) is 35.6 Å². The molecule has 1 aromatic carbocycles. The molecule has 2 heteroatoms. The fourth-order valence-electron chi connectivity index (χ4n) is 8.39. The molecule has 1 nitrogen and oxygen atoms in total. The van der Waals surface area contributed by atoms with Crippen LogP contribution in [0.3, 0.4) is 0 Å². The second-order valence-electron chi connectivity index (χ2n) is 11.0. The molecule has 0 N–H and O–H groups in total. The average molecular weight is 411 g/mol. The molecule has 7 atom stereocenters. The Kier molecular flexibility index (Phi) is 4.78. The van der Waals surface area contributed by atoms with E-state index in [0.29, 0.717) is 22.5 Å². The maximum atomic E-state index is 12.4. The number of allylic oxidation sites excluding steroid dienone is 1. The Morgan fingerprint density at radius 1 is 0.966 bits per heavy atom. The van der Waals surface area contributed by atoms with Crippen molar-refractivity contribution in [2.45, 2.75) is 72.1 Å². The first-order valence-corrected chi connectivity index (χ1v) is 12.2. The van der Waals surface area contributed by atoms with Crippen LogP contribution in [0.2, 0.25) is 5.02 Å². The highest BCUT2D eigenvalue weighted by atomic mass is 35.5. The Hall–Kier alpha value is -1.08. The van der Waals surface area contributed by atoms with Gasteiger partial charge in [-0.15, -0.1) is 0 Å². The summed E-state index contributed by atoms with van der Waals surface area (Å²) in [6.45, 7) is 7.32. The van der Waals surface area contributed by atoms with Crippen molar-refractivity contribution < 1.29 is 4.79 Å². The number of Topliss-reactive ketones (excluding diaryl/α,β-unsaturated/α-hetero) is 1. The van der Waals surface area contributed by atoms with Gasteiger partial charge < -0.3 is 0 Å². The minimum absolute atomic E-state index is 0.280. The molecule has 0 amide bonds. The summed E-state index contributed by atoms with van der Waals surface area (Å²) < 4.78 is 0. The van der Waals surface area contributed by atoms with Crippen molar-refractivity contribution in [1.29, 1.82) is 0 Å². The van der Waals surface area contributed by atoms with Gasteiger partial charge in [-0.2, -0.15) is 0 Å². The van der Waals surface area contributed by atoms with Crippen LogP contribution in [0, 0.1) is 40.4 Å². The molecule has 0 aliphatic heterocycles. The summed E-state index contributed by atoms with van der Waals surface area (Å²) in [5.74, 6) is 3.89. The number of fused-ring (bicyclic) bond motifs is 5. The average Bonchev–Trinajstić information content (AvgIpc) is 3.03. The molecule has 4 fully saturated rings. The first kappa shape index (κ1) is 19.9. The molecule has 0 spiro atoms. The molecule has 0 heterocycles. The first-order chi connectivity index (χ1) is 13.8. The number of ketones is 1. The maximum absolute atomic E-state index is 12.4. The maximum Gasteiger partial charge on any atom is 0.136 e. The van der Waals surface area contributed by atoms with Gasteiger partial charge in [0.2, 0.25) is 0 Å². The second-order valence-corrected chi connectivity index (χ2v) is 11.4. The fourth-order valence-corrected chi connectivity index (χ4v) is 8.58. The number of carbonyl (C=O) groups is 1. The molecule has 2 unspecified atom stereocenters. The van der Waals surface area contributed by atoms with E-state index in [4.69, 9.17) is 11.6 Å². The van der Waals surface area contributed by atoms with Crippen molar-refractivity contribution in [3.8, 4) is 0 Å². The van der Waals surface area contributed by atoms with Gasteiger partial charge in [0.05, 0.1) is 0 Å². The lowest BCUT2D eigenvalue weighted by atomic mass is 9.44. The number of halogens is 1. The zero-order valence-electron chi connectivity index (χ0n) is 18.2. The number of hydrogen-bond acceptors (Lipinski definition) is 1. The van der Waals surface area contributed by atoms with E-state index in [2.05, 4.69) is 39.0 Å². The van der Waals surface area contributed by atoms with Crippen LogP contribution < -0.4 is 0 Å². The SMILES string of the molecule is CC1C(=O)CC[C@@]2(C)C1CC[C@@H]1[C@H]2CC[C@]2(C)C(=Cc3ccccc3Cl)CC[C@@H]12. The molecule has 4 aliphatic rings.